The molecule has 154 valence electrons. The number of fused-ring (bicyclic) bond motifs is 1. The molecule has 0 bridgehead atoms. The van der Waals surface area contributed by atoms with Gasteiger partial charge in [0, 0.05) is 40.2 Å². The Morgan fingerprint density at radius 1 is 1.00 bits per heavy atom. The Labute approximate surface area is 188 Å². The molecule has 2 heterocycles. The summed E-state index contributed by atoms with van der Waals surface area (Å²) in [6.45, 7) is 9.05. The van der Waals surface area contributed by atoms with E-state index in [0.29, 0.717) is 6.04 Å². The standard InChI is InChI=1S/C24H28BrN3.ClH/c1-3-27(4-2)20-13-15-28(16-14-20)24-17-23(18-9-11-19(25)12-10-18)26-22-8-6-5-7-21(22)24;/h5-12,17,20H,3-4,13-16H2,1-2H3;1H. The number of aromatic nitrogens is 1. The summed E-state index contributed by atoms with van der Waals surface area (Å²) in [7, 11) is 0. The first-order valence-corrected chi connectivity index (χ1v) is 11.1. The normalized spacial score (nSPS) is 15.0. The van der Waals surface area contributed by atoms with Crippen molar-refractivity contribution < 1.29 is 0 Å². The number of hydrogen-bond acceptors (Lipinski definition) is 3. The molecule has 5 heteroatoms. The molecule has 4 rings (SSSR count). The van der Waals surface area contributed by atoms with Gasteiger partial charge in [0.2, 0.25) is 0 Å². The largest absolute Gasteiger partial charge is 0.371 e. The first kappa shape index (κ1) is 22.1. The van der Waals surface area contributed by atoms with Crippen LogP contribution in [-0.2, 0) is 0 Å². The van der Waals surface area contributed by atoms with Gasteiger partial charge < -0.3 is 9.80 Å². The highest BCUT2D eigenvalue weighted by molar-refractivity contribution is 9.10. The molecule has 0 N–H and O–H groups in total. The van der Waals surface area contributed by atoms with E-state index in [9.17, 15) is 0 Å². The molecule has 3 aromatic rings. The van der Waals surface area contributed by atoms with Gasteiger partial charge in [-0.3, -0.25) is 0 Å². The van der Waals surface area contributed by atoms with Gasteiger partial charge in [-0.05, 0) is 50.2 Å². The van der Waals surface area contributed by atoms with E-state index in [1.54, 1.807) is 0 Å². The Balaban J connectivity index is 0.00000240. The van der Waals surface area contributed by atoms with Crippen LogP contribution >= 0.6 is 28.3 Å². The molecule has 1 fully saturated rings. The summed E-state index contributed by atoms with van der Waals surface area (Å²) in [4.78, 5) is 10.1. The lowest BCUT2D eigenvalue weighted by atomic mass is 10.0. The zero-order valence-corrected chi connectivity index (χ0v) is 19.5. The van der Waals surface area contributed by atoms with E-state index in [2.05, 4.69) is 94.2 Å². The van der Waals surface area contributed by atoms with Gasteiger partial charge >= 0.3 is 0 Å². The molecule has 1 saturated heterocycles. The molecule has 1 aliphatic rings. The molecule has 0 atom stereocenters. The fourth-order valence-electron chi connectivity index (χ4n) is 4.40. The molecular formula is C24H29BrClN3. The highest BCUT2D eigenvalue weighted by atomic mass is 79.9. The molecule has 1 aromatic heterocycles. The first-order chi connectivity index (χ1) is 13.7. The lowest BCUT2D eigenvalue weighted by molar-refractivity contribution is 0.186. The minimum atomic E-state index is 0. The van der Waals surface area contributed by atoms with Crippen LogP contribution in [0.25, 0.3) is 22.2 Å². The molecule has 1 aliphatic heterocycles. The Morgan fingerprint density at radius 3 is 2.31 bits per heavy atom. The maximum Gasteiger partial charge on any atom is 0.0730 e. The van der Waals surface area contributed by atoms with Gasteiger partial charge in [0.1, 0.15) is 0 Å². The third-order valence-electron chi connectivity index (χ3n) is 5.97. The predicted octanol–water partition coefficient (Wildman–Crippen LogP) is 6.40. The molecule has 29 heavy (non-hydrogen) atoms. The highest BCUT2D eigenvalue weighted by Gasteiger charge is 2.24. The number of rotatable bonds is 5. The van der Waals surface area contributed by atoms with Gasteiger partial charge in [-0.15, -0.1) is 12.4 Å². The number of benzene rings is 2. The minimum absolute atomic E-state index is 0. The zero-order chi connectivity index (χ0) is 19.5. The van der Waals surface area contributed by atoms with Crippen LogP contribution in [0.15, 0.2) is 59.1 Å². The Hall–Kier alpha value is -1.62. The molecule has 2 aromatic carbocycles. The van der Waals surface area contributed by atoms with Crippen molar-refractivity contribution in [2.45, 2.75) is 32.7 Å². The first-order valence-electron chi connectivity index (χ1n) is 10.3. The number of piperidine rings is 1. The third-order valence-corrected chi connectivity index (χ3v) is 6.50. The third kappa shape index (κ3) is 4.76. The minimum Gasteiger partial charge on any atom is -0.371 e. The molecule has 0 amide bonds. The van der Waals surface area contributed by atoms with E-state index in [1.165, 1.54) is 23.9 Å². The van der Waals surface area contributed by atoms with E-state index in [4.69, 9.17) is 4.98 Å². The molecule has 3 nitrogen and oxygen atoms in total. The lowest BCUT2D eigenvalue weighted by Gasteiger charge is -2.39. The summed E-state index contributed by atoms with van der Waals surface area (Å²) >= 11 is 3.53. The second-order valence-electron chi connectivity index (χ2n) is 7.49. The second-order valence-corrected chi connectivity index (χ2v) is 8.41. The van der Waals surface area contributed by atoms with E-state index in [-0.39, 0.29) is 12.4 Å². The van der Waals surface area contributed by atoms with Gasteiger partial charge in [0.25, 0.3) is 0 Å². The Bertz CT molecular complexity index is 933. The Kier molecular flexibility index (Phi) is 7.55. The van der Waals surface area contributed by atoms with Crippen LogP contribution in [0.4, 0.5) is 5.69 Å². The summed E-state index contributed by atoms with van der Waals surface area (Å²) in [6.07, 6.45) is 2.46. The zero-order valence-electron chi connectivity index (χ0n) is 17.1. The van der Waals surface area contributed by atoms with Crippen LogP contribution in [0.1, 0.15) is 26.7 Å². The van der Waals surface area contributed by atoms with Crippen LogP contribution in [0.3, 0.4) is 0 Å². The van der Waals surface area contributed by atoms with Crippen LogP contribution in [0.2, 0.25) is 0 Å². The number of nitrogens with zero attached hydrogens (tertiary/aromatic N) is 3. The number of anilines is 1. The van der Waals surface area contributed by atoms with Gasteiger partial charge in [0.15, 0.2) is 0 Å². The van der Waals surface area contributed by atoms with Crippen molar-refractivity contribution in [3.8, 4) is 11.3 Å². The Morgan fingerprint density at radius 2 is 1.66 bits per heavy atom. The van der Waals surface area contributed by atoms with Gasteiger partial charge in [-0.25, -0.2) is 4.98 Å². The average molecular weight is 475 g/mol. The van der Waals surface area contributed by atoms with Gasteiger partial charge in [-0.2, -0.15) is 0 Å². The maximum atomic E-state index is 4.95. The highest BCUT2D eigenvalue weighted by Crippen LogP contribution is 2.33. The molecule has 0 spiro atoms. The predicted molar refractivity (Wildman–Crippen MR) is 130 cm³/mol. The number of hydrogen-bond donors (Lipinski definition) is 0. The molecule has 0 radical (unpaired) electrons. The summed E-state index contributed by atoms with van der Waals surface area (Å²) in [5.74, 6) is 0. The van der Waals surface area contributed by atoms with Crippen LogP contribution in [0, 0.1) is 0 Å². The van der Waals surface area contributed by atoms with Crippen LogP contribution in [0.5, 0.6) is 0 Å². The molecule has 0 aliphatic carbocycles. The molecular weight excluding hydrogens is 446 g/mol. The summed E-state index contributed by atoms with van der Waals surface area (Å²) in [6, 6.07) is 20.0. The number of pyridine rings is 1. The van der Waals surface area contributed by atoms with Crippen molar-refractivity contribution in [3.05, 3.63) is 59.1 Å². The summed E-state index contributed by atoms with van der Waals surface area (Å²) in [5, 5.41) is 1.25. The lowest BCUT2D eigenvalue weighted by Crippen LogP contribution is -2.44. The van der Waals surface area contributed by atoms with Crippen molar-refractivity contribution in [2.24, 2.45) is 0 Å². The van der Waals surface area contributed by atoms with E-state index in [0.717, 1.165) is 47.4 Å². The molecule has 0 unspecified atom stereocenters. The maximum absolute atomic E-state index is 4.95. The quantitative estimate of drug-likeness (QED) is 0.427. The van der Waals surface area contributed by atoms with Crippen molar-refractivity contribution >= 4 is 44.9 Å². The van der Waals surface area contributed by atoms with Gasteiger partial charge in [-0.1, -0.05) is 60.1 Å². The van der Waals surface area contributed by atoms with Crippen molar-refractivity contribution in [2.75, 3.05) is 31.1 Å². The van der Waals surface area contributed by atoms with E-state index in [1.807, 2.05) is 0 Å². The van der Waals surface area contributed by atoms with E-state index < -0.39 is 0 Å². The number of para-hydroxylation sites is 1. The fraction of sp³-hybridized carbons (Fsp3) is 0.375. The smallest absolute Gasteiger partial charge is 0.0730 e. The average Bonchev–Trinajstić information content (AvgIpc) is 2.75. The van der Waals surface area contributed by atoms with E-state index >= 15 is 0 Å². The summed E-state index contributed by atoms with van der Waals surface area (Å²) in [5.41, 5.74) is 4.60. The van der Waals surface area contributed by atoms with Gasteiger partial charge in [0.05, 0.1) is 11.2 Å². The fourth-order valence-corrected chi connectivity index (χ4v) is 4.66. The van der Waals surface area contributed by atoms with Crippen molar-refractivity contribution in [1.29, 1.82) is 0 Å². The van der Waals surface area contributed by atoms with Crippen molar-refractivity contribution in [1.82, 2.24) is 9.88 Å². The monoisotopic (exact) mass is 473 g/mol. The SMILES string of the molecule is CCN(CC)C1CCN(c2cc(-c3ccc(Br)cc3)nc3ccccc23)CC1.Cl. The molecule has 0 saturated carbocycles. The van der Waals surface area contributed by atoms with Crippen molar-refractivity contribution in [3.63, 3.8) is 0 Å². The second kappa shape index (κ2) is 9.92. The summed E-state index contributed by atoms with van der Waals surface area (Å²) < 4.78 is 1.09. The van der Waals surface area contributed by atoms with Crippen LogP contribution < -0.4 is 4.90 Å². The number of halogens is 2. The van der Waals surface area contributed by atoms with Crippen LogP contribution in [-0.4, -0.2) is 42.1 Å². The topological polar surface area (TPSA) is 19.4 Å².